The molecule has 0 atom stereocenters. The Hall–Kier alpha value is -0.830. The van der Waals surface area contributed by atoms with Gasteiger partial charge >= 0.3 is 0 Å². The van der Waals surface area contributed by atoms with E-state index in [0.29, 0.717) is 6.54 Å². The van der Waals surface area contributed by atoms with E-state index in [1.807, 2.05) is 6.92 Å². The number of nitrogens with zero attached hydrogens (tertiary/aromatic N) is 2. The van der Waals surface area contributed by atoms with Gasteiger partial charge in [0.15, 0.2) is 5.96 Å². The third kappa shape index (κ3) is 6.95. The number of guanidine groups is 1. The second-order valence-corrected chi connectivity index (χ2v) is 4.64. The minimum absolute atomic E-state index is 0. The van der Waals surface area contributed by atoms with E-state index in [1.54, 1.807) is 7.05 Å². The Morgan fingerprint density at radius 2 is 2.00 bits per heavy atom. The number of aromatic nitrogens is 1. The standard InChI is InChI=1S/C15H28N4O2.HI/c1-5-13-12(14(6-2)21-19-13)11-18-15(16-4)17-9-8-10-20-7-3;/h5-11H2,1-4H3,(H2,16,17,18);1H. The summed E-state index contributed by atoms with van der Waals surface area (Å²) < 4.78 is 10.7. The Bertz CT molecular complexity index is 414. The lowest BCUT2D eigenvalue weighted by molar-refractivity contribution is 0.145. The van der Waals surface area contributed by atoms with Crippen molar-refractivity contribution >= 4 is 29.9 Å². The van der Waals surface area contributed by atoms with Crippen LogP contribution in [0.3, 0.4) is 0 Å². The predicted molar refractivity (Wildman–Crippen MR) is 100.0 cm³/mol. The molecule has 2 N–H and O–H groups in total. The van der Waals surface area contributed by atoms with E-state index in [4.69, 9.17) is 9.26 Å². The molecule has 6 nitrogen and oxygen atoms in total. The summed E-state index contributed by atoms with van der Waals surface area (Å²) in [6.07, 6.45) is 2.69. The van der Waals surface area contributed by atoms with Crippen LogP contribution in [-0.4, -0.2) is 37.9 Å². The maximum Gasteiger partial charge on any atom is 0.191 e. The Labute approximate surface area is 150 Å². The van der Waals surface area contributed by atoms with Crippen LogP contribution in [0.4, 0.5) is 0 Å². The molecule has 0 bridgehead atoms. The topological polar surface area (TPSA) is 71.7 Å². The Balaban J connectivity index is 0.00000441. The molecule has 0 spiro atoms. The normalized spacial score (nSPS) is 11.2. The average Bonchev–Trinajstić information content (AvgIpc) is 2.92. The van der Waals surface area contributed by atoms with Gasteiger partial charge in [0.2, 0.25) is 0 Å². The molecular weight excluding hydrogens is 395 g/mol. The van der Waals surface area contributed by atoms with Crippen LogP contribution in [0.1, 0.15) is 44.2 Å². The van der Waals surface area contributed by atoms with Gasteiger partial charge in [-0.2, -0.15) is 0 Å². The van der Waals surface area contributed by atoms with Gasteiger partial charge < -0.3 is 19.9 Å². The van der Waals surface area contributed by atoms with Gasteiger partial charge in [-0.05, 0) is 19.8 Å². The van der Waals surface area contributed by atoms with Crippen molar-refractivity contribution in [2.45, 2.75) is 46.6 Å². The van der Waals surface area contributed by atoms with Gasteiger partial charge in [-0.15, -0.1) is 24.0 Å². The van der Waals surface area contributed by atoms with Gasteiger partial charge in [-0.1, -0.05) is 19.0 Å². The van der Waals surface area contributed by atoms with E-state index in [0.717, 1.165) is 62.0 Å². The summed E-state index contributed by atoms with van der Waals surface area (Å²) in [5.74, 6) is 1.74. The quantitative estimate of drug-likeness (QED) is 0.276. The van der Waals surface area contributed by atoms with Crippen LogP contribution in [0, 0.1) is 0 Å². The molecule has 1 heterocycles. The molecule has 1 aromatic rings. The molecular formula is C15H29IN4O2. The molecule has 0 aliphatic rings. The zero-order valence-electron chi connectivity index (χ0n) is 14.1. The van der Waals surface area contributed by atoms with Crippen molar-refractivity contribution in [2.75, 3.05) is 26.8 Å². The number of rotatable bonds is 9. The number of ether oxygens (including phenoxy) is 1. The Morgan fingerprint density at radius 1 is 1.23 bits per heavy atom. The van der Waals surface area contributed by atoms with Gasteiger partial charge in [0.25, 0.3) is 0 Å². The summed E-state index contributed by atoms with van der Waals surface area (Å²) in [7, 11) is 1.77. The smallest absolute Gasteiger partial charge is 0.191 e. The highest BCUT2D eigenvalue weighted by atomic mass is 127. The van der Waals surface area contributed by atoms with Gasteiger partial charge in [0.05, 0.1) is 5.69 Å². The SMILES string of the molecule is CCOCCCNC(=NC)NCc1c(CC)noc1CC.I. The summed E-state index contributed by atoms with van der Waals surface area (Å²) in [4.78, 5) is 4.22. The Morgan fingerprint density at radius 3 is 2.59 bits per heavy atom. The summed E-state index contributed by atoms with van der Waals surface area (Å²) in [5.41, 5.74) is 2.17. The van der Waals surface area contributed by atoms with Crippen molar-refractivity contribution in [3.8, 4) is 0 Å². The van der Waals surface area contributed by atoms with Crippen LogP contribution < -0.4 is 10.6 Å². The molecule has 0 fully saturated rings. The van der Waals surface area contributed by atoms with E-state index in [9.17, 15) is 0 Å². The first-order chi connectivity index (χ1) is 10.3. The van der Waals surface area contributed by atoms with Crippen molar-refractivity contribution in [2.24, 2.45) is 4.99 Å². The minimum atomic E-state index is 0. The molecule has 0 radical (unpaired) electrons. The van der Waals surface area contributed by atoms with Crippen molar-refractivity contribution in [1.82, 2.24) is 15.8 Å². The summed E-state index contributed by atoms with van der Waals surface area (Å²) in [6.45, 7) is 9.22. The van der Waals surface area contributed by atoms with E-state index in [2.05, 4.69) is 34.6 Å². The number of hydrogen-bond acceptors (Lipinski definition) is 4. The van der Waals surface area contributed by atoms with Crippen molar-refractivity contribution < 1.29 is 9.26 Å². The van der Waals surface area contributed by atoms with E-state index >= 15 is 0 Å². The van der Waals surface area contributed by atoms with Gasteiger partial charge in [0.1, 0.15) is 5.76 Å². The van der Waals surface area contributed by atoms with E-state index < -0.39 is 0 Å². The van der Waals surface area contributed by atoms with Crippen LogP contribution in [0.15, 0.2) is 9.52 Å². The number of aliphatic imine (C=N–C) groups is 1. The molecule has 0 saturated carbocycles. The highest BCUT2D eigenvalue weighted by Gasteiger charge is 2.13. The second-order valence-electron chi connectivity index (χ2n) is 4.64. The van der Waals surface area contributed by atoms with Crippen LogP contribution in [0.5, 0.6) is 0 Å². The molecule has 0 aliphatic heterocycles. The van der Waals surface area contributed by atoms with Crippen molar-refractivity contribution in [1.29, 1.82) is 0 Å². The largest absolute Gasteiger partial charge is 0.382 e. The average molecular weight is 424 g/mol. The molecule has 7 heteroatoms. The van der Waals surface area contributed by atoms with E-state index in [-0.39, 0.29) is 24.0 Å². The zero-order chi connectivity index (χ0) is 15.5. The lowest BCUT2D eigenvalue weighted by Gasteiger charge is -2.12. The van der Waals surface area contributed by atoms with Crippen LogP contribution in [-0.2, 0) is 24.1 Å². The van der Waals surface area contributed by atoms with E-state index in [1.165, 1.54) is 0 Å². The summed E-state index contributed by atoms with van der Waals surface area (Å²) in [6, 6.07) is 0. The summed E-state index contributed by atoms with van der Waals surface area (Å²) in [5, 5.41) is 10.7. The highest BCUT2D eigenvalue weighted by Crippen LogP contribution is 2.15. The van der Waals surface area contributed by atoms with Crippen LogP contribution in [0.2, 0.25) is 0 Å². The number of nitrogens with one attached hydrogen (secondary N) is 2. The third-order valence-corrected chi connectivity index (χ3v) is 3.23. The molecule has 0 aromatic carbocycles. The minimum Gasteiger partial charge on any atom is -0.382 e. The molecule has 0 saturated heterocycles. The number of aryl methyl sites for hydroxylation is 2. The molecule has 1 rings (SSSR count). The van der Waals surface area contributed by atoms with Gasteiger partial charge in [-0.3, -0.25) is 4.99 Å². The molecule has 0 aliphatic carbocycles. The molecule has 128 valence electrons. The maximum atomic E-state index is 5.36. The first-order valence-electron chi connectivity index (χ1n) is 7.75. The van der Waals surface area contributed by atoms with Crippen molar-refractivity contribution in [3.05, 3.63) is 17.0 Å². The van der Waals surface area contributed by atoms with Crippen LogP contribution in [0.25, 0.3) is 0 Å². The summed E-state index contributed by atoms with van der Waals surface area (Å²) >= 11 is 0. The second kappa shape index (κ2) is 12.7. The predicted octanol–water partition coefficient (Wildman–Crippen LogP) is 2.51. The first kappa shape index (κ1) is 21.2. The number of halogens is 1. The third-order valence-electron chi connectivity index (χ3n) is 3.23. The monoisotopic (exact) mass is 424 g/mol. The molecule has 22 heavy (non-hydrogen) atoms. The lowest BCUT2D eigenvalue weighted by Crippen LogP contribution is -2.37. The zero-order valence-corrected chi connectivity index (χ0v) is 16.4. The molecule has 0 amide bonds. The lowest BCUT2D eigenvalue weighted by atomic mass is 10.1. The van der Waals surface area contributed by atoms with Gasteiger partial charge in [0, 0.05) is 45.3 Å². The molecule has 0 unspecified atom stereocenters. The van der Waals surface area contributed by atoms with Gasteiger partial charge in [-0.25, -0.2) is 0 Å². The van der Waals surface area contributed by atoms with Crippen LogP contribution >= 0.6 is 24.0 Å². The number of hydrogen-bond donors (Lipinski definition) is 2. The first-order valence-corrected chi connectivity index (χ1v) is 7.75. The fourth-order valence-corrected chi connectivity index (χ4v) is 2.06. The maximum absolute atomic E-state index is 5.36. The fourth-order valence-electron chi connectivity index (χ4n) is 2.06. The molecule has 1 aromatic heterocycles. The van der Waals surface area contributed by atoms with Crippen molar-refractivity contribution in [3.63, 3.8) is 0 Å². The fraction of sp³-hybridized carbons (Fsp3) is 0.733. The highest BCUT2D eigenvalue weighted by molar-refractivity contribution is 14.0. The Kier molecular flexibility index (Phi) is 12.2.